The van der Waals surface area contributed by atoms with E-state index in [-0.39, 0.29) is 23.8 Å². The van der Waals surface area contributed by atoms with Gasteiger partial charge < -0.3 is 10.6 Å². The SMILES string of the molecule is CN(Cc1ccccc1F)C(=O)CCC(C)(C)N. The van der Waals surface area contributed by atoms with Crippen LogP contribution in [0.25, 0.3) is 0 Å². The average molecular weight is 252 g/mol. The lowest BCUT2D eigenvalue weighted by Gasteiger charge is -2.21. The highest BCUT2D eigenvalue weighted by molar-refractivity contribution is 5.75. The van der Waals surface area contributed by atoms with Gasteiger partial charge in [0.25, 0.3) is 0 Å². The fourth-order valence-corrected chi connectivity index (χ4v) is 1.59. The van der Waals surface area contributed by atoms with Crippen LogP contribution in [0, 0.1) is 5.82 Å². The maximum absolute atomic E-state index is 13.4. The zero-order chi connectivity index (χ0) is 13.8. The van der Waals surface area contributed by atoms with Crippen LogP contribution in [-0.2, 0) is 11.3 Å². The molecule has 0 heterocycles. The van der Waals surface area contributed by atoms with E-state index in [1.807, 2.05) is 13.8 Å². The minimum atomic E-state index is -0.353. The van der Waals surface area contributed by atoms with Gasteiger partial charge in [0.05, 0.1) is 0 Å². The summed E-state index contributed by atoms with van der Waals surface area (Å²) in [7, 11) is 1.68. The van der Waals surface area contributed by atoms with Gasteiger partial charge in [0.1, 0.15) is 5.82 Å². The highest BCUT2D eigenvalue weighted by atomic mass is 19.1. The van der Waals surface area contributed by atoms with E-state index in [9.17, 15) is 9.18 Å². The third-order valence-electron chi connectivity index (χ3n) is 2.77. The molecule has 0 fully saturated rings. The molecule has 0 atom stereocenters. The van der Waals surface area contributed by atoms with Crippen molar-refractivity contribution < 1.29 is 9.18 Å². The predicted octanol–water partition coefficient (Wildman–Crippen LogP) is 2.30. The van der Waals surface area contributed by atoms with Crippen molar-refractivity contribution >= 4 is 5.91 Å². The number of halogens is 1. The van der Waals surface area contributed by atoms with Gasteiger partial charge in [0.2, 0.25) is 5.91 Å². The summed E-state index contributed by atoms with van der Waals surface area (Å²) in [5.74, 6) is -0.298. The second-order valence-corrected chi connectivity index (χ2v) is 5.33. The molecule has 1 rings (SSSR count). The van der Waals surface area contributed by atoms with Crippen LogP contribution < -0.4 is 5.73 Å². The van der Waals surface area contributed by atoms with E-state index in [0.717, 1.165) is 0 Å². The average Bonchev–Trinajstić information content (AvgIpc) is 2.28. The Hall–Kier alpha value is -1.42. The topological polar surface area (TPSA) is 46.3 Å². The van der Waals surface area contributed by atoms with Gasteiger partial charge in [0, 0.05) is 31.1 Å². The molecule has 3 nitrogen and oxygen atoms in total. The van der Waals surface area contributed by atoms with E-state index in [1.54, 1.807) is 25.2 Å². The number of carbonyl (C=O) groups excluding carboxylic acids is 1. The first-order valence-electron chi connectivity index (χ1n) is 6.06. The molecule has 0 aliphatic carbocycles. The molecule has 0 bridgehead atoms. The van der Waals surface area contributed by atoms with Crippen molar-refractivity contribution in [3.05, 3.63) is 35.6 Å². The molecule has 18 heavy (non-hydrogen) atoms. The molecule has 4 heteroatoms. The molecule has 0 aliphatic heterocycles. The quantitative estimate of drug-likeness (QED) is 0.874. The summed E-state index contributed by atoms with van der Waals surface area (Å²) >= 11 is 0. The number of hydrogen-bond donors (Lipinski definition) is 1. The van der Waals surface area contributed by atoms with E-state index < -0.39 is 0 Å². The normalized spacial score (nSPS) is 11.4. The monoisotopic (exact) mass is 252 g/mol. The highest BCUT2D eigenvalue weighted by Gasteiger charge is 2.16. The predicted molar refractivity (Wildman–Crippen MR) is 70.4 cm³/mol. The molecule has 0 spiro atoms. The van der Waals surface area contributed by atoms with Crippen LogP contribution >= 0.6 is 0 Å². The Morgan fingerprint density at radius 2 is 2.00 bits per heavy atom. The zero-order valence-corrected chi connectivity index (χ0v) is 11.2. The Labute approximate surface area is 108 Å². The number of benzene rings is 1. The number of rotatable bonds is 5. The van der Waals surface area contributed by atoms with Gasteiger partial charge in [0.15, 0.2) is 0 Å². The molecule has 1 aromatic carbocycles. The standard InChI is InChI=1S/C14H21FN2O/c1-14(2,16)9-8-13(18)17(3)10-11-6-4-5-7-12(11)15/h4-7H,8-10,16H2,1-3H3. The van der Waals surface area contributed by atoms with Gasteiger partial charge in [-0.2, -0.15) is 0 Å². The van der Waals surface area contributed by atoms with Crippen LogP contribution in [0.15, 0.2) is 24.3 Å². The van der Waals surface area contributed by atoms with E-state index in [1.165, 1.54) is 11.0 Å². The van der Waals surface area contributed by atoms with Gasteiger partial charge >= 0.3 is 0 Å². The van der Waals surface area contributed by atoms with Crippen LogP contribution in [-0.4, -0.2) is 23.4 Å². The van der Waals surface area contributed by atoms with Crippen molar-refractivity contribution in [2.24, 2.45) is 5.73 Å². The minimum absolute atomic E-state index is 0.0169. The number of amides is 1. The summed E-state index contributed by atoms with van der Waals surface area (Å²) in [6.45, 7) is 4.06. The Bertz CT molecular complexity index is 413. The second-order valence-electron chi connectivity index (χ2n) is 5.33. The zero-order valence-electron chi connectivity index (χ0n) is 11.2. The largest absolute Gasteiger partial charge is 0.341 e. The summed E-state index contributed by atoms with van der Waals surface area (Å²) < 4.78 is 13.4. The molecule has 0 aromatic heterocycles. The minimum Gasteiger partial charge on any atom is -0.341 e. The van der Waals surface area contributed by atoms with Gasteiger partial charge in [-0.1, -0.05) is 18.2 Å². The first kappa shape index (κ1) is 14.6. The molecule has 0 radical (unpaired) electrons. The van der Waals surface area contributed by atoms with E-state index in [4.69, 9.17) is 5.73 Å². The number of nitrogens with zero attached hydrogens (tertiary/aromatic N) is 1. The van der Waals surface area contributed by atoms with Gasteiger partial charge in [-0.15, -0.1) is 0 Å². The van der Waals surface area contributed by atoms with Crippen molar-refractivity contribution in [1.29, 1.82) is 0 Å². The summed E-state index contributed by atoms with van der Waals surface area (Å²) in [4.78, 5) is 13.4. The van der Waals surface area contributed by atoms with E-state index >= 15 is 0 Å². The molecule has 0 unspecified atom stereocenters. The Morgan fingerprint density at radius 1 is 1.39 bits per heavy atom. The molecular formula is C14H21FN2O. The smallest absolute Gasteiger partial charge is 0.222 e. The lowest BCUT2D eigenvalue weighted by Crippen LogP contribution is -2.35. The fourth-order valence-electron chi connectivity index (χ4n) is 1.59. The number of nitrogens with two attached hydrogens (primary N) is 1. The highest BCUT2D eigenvalue weighted by Crippen LogP contribution is 2.12. The number of hydrogen-bond acceptors (Lipinski definition) is 2. The third kappa shape index (κ3) is 4.84. The molecular weight excluding hydrogens is 231 g/mol. The maximum atomic E-state index is 13.4. The van der Waals surface area contributed by atoms with Crippen LogP contribution in [0.2, 0.25) is 0 Å². The summed E-state index contributed by atoms with van der Waals surface area (Å²) in [5.41, 5.74) is 6.01. The molecule has 100 valence electrons. The number of carbonyl (C=O) groups is 1. The second kappa shape index (κ2) is 5.96. The first-order chi connectivity index (χ1) is 8.29. The molecule has 2 N–H and O–H groups in total. The summed E-state index contributed by atoms with van der Waals surface area (Å²) in [6, 6.07) is 6.49. The van der Waals surface area contributed by atoms with Crippen LogP contribution in [0.5, 0.6) is 0 Å². The molecule has 1 amide bonds. The van der Waals surface area contributed by atoms with Crippen LogP contribution in [0.3, 0.4) is 0 Å². The van der Waals surface area contributed by atoms with Crippen molar-refractivity contribution in [3.8, 4) is 0 Å². The van der Waals surface area contributed by atoms with Gasteiger partial charge in [-0.05, 0) is 26.3 Å². The van der Waals surface area contributed by atoms with Crippen LogP contribution in [0.1, 0.15) is 32.3 Å². The van der Waals surface area contributed by atoms with Crippen molar-refractivity contribution in [2.75, 3.05) is 7.05 Å². The van der Waals surface area contributed by atoms with Crippen molar-refractivity contribution in [2.45, 2.75) is 38.8 Å². The molecule has 0 saturated carbocycles. The summed E-state index contributed by atoms with van der Waals surface area (Å²) in [5, 5.41) is 0. The van der Waals surface area contributed by atoms with Crippen molar-refractivity contribution in [1.82, 2.24) is 4.90 Å². The van der Waals surface area contributed by atoms with Gasteiger partial charge in [-0.3, -0.25) is 4.79 Å². The Morgan fingerprint density at radius 3 is 2.56 bits per heavy atom. The lowest BCUT2D eigenvalue weighted by molar-refractivity contribution is -0.130. The molecule has 0 aliphatic rings. The lowest BCUT2D eigenvalue weighted by atomic mass is 10.00. The Kier molecular flexibility index (Phi) is 4.84. The van der Waals surface area contributed by atoms with E-state index in [2.05, 4.69) is 0 Å². The third-order valence-corrected chi connectivity index (χ3v) is 2.77. The molecule has 0 saturated heterocycles. The van der Waals surface area contributed by atoms with Gasteiger partial charge in [-0.25, -0.2) is 4.39 Å². The summed E-state index contributed by atoms with van der Waals surface area (Å²) in [6.07, 6.45) is 1.00. The fraction of sp³-hybridized carbons (Fsp3) is 0.500. The van der Waals surface area contributed by atoms with E-state index in [0.29, 0.717) is 18.4 Å². The Balaban J connectivity index is 2.53. The molecule has 1 aromatic rings. The maximum Gasteiger partial charge on any atom is 0.222 e. The van der Waals surface area contributed by atoms with Crippen molar-refractivity contribution in [3.63, 3.8) is 0 Å². The van der Waals surface area contributed by atoms with Crippen LogP contribution in [0.4, 0.5) is 4.39 Å². The first-order valence-corrected chi connectivity index (χ1v) is 6.06.